The highest BCUT2D eigenvalue weighted by Gasteiger charge is 2.17. The third-order valence-corrected chi connectivity index (χ3v) is 5.60. The minimum absolute atomic E-state index is 0.128. The lowest BCUT2D eigenvalue weighted by Crippen LogP contribution is -2.30. The lowest BCUT2D eigenvalue weighted by Gasteiger charge is -2.16. The van der Waals surface area contributed by atoms with Gasteiger partial charge in [0.25, 0.3) is 5.91 Å². The number of ether oxygens (including phenoxy) is 1. The van der Waals surface area contributed by atoms with Crippen molar-refractivity contribution in [1.29, 1.82) is 0 Å². The van der Waals surface area contributed by atoms with Gasteiger partial charge in [-0.25, -0.2) is 4.79 Å². The van der Waals surface area contributed by atoms with Crippen LogP contribution in [0.4, 0.5) is 5.69 Å². The highest BCUT2D eigenvalue weighted by Crippen LogP contribution is 2.24. The van der Waals surface area contributed by atoms with Gasteiger partial charge in [0.15, 0.2) is 6.61 Å². The summed E-state index contributed by atoms with van der Waals surface area (Å²) in [4.78, 5) is 39.1. The zero-order valence-corrected chi connectivity index (χ0v) is 18.7. The lowest BCUT2D eigenvalue weighted by molar-refractivity contribution is -0.134. The van der Waals surface area contributed by atoms with Gasteiger partial charge in [-0.3, -0.25) is 9.59 Å². The molecule has 0 atom stereocenters. The van der Waals surface area contributed by atoms with E-state index >= 15 is 0 Å². The fraction of sp³-hybridized carbons (Fsp3) is 0.208. The maximum atomic E-state index is 12.6. The molecule has 0 fully saturated rings. The van der Waals surface area contributed by atoms with Gasteiger partial charge in [-0.15, -0.1) is 11.8 Å². The van der Waals surface area contributed by atoms with Crippen molar-refractivity contribution >= 4 is 35.2 Å². The van der Waals surface area contributed by atoms with Gasteiger partial charge in [0.05, 0.1) is 24.1 Å². The van der Waals surface area contributed by atoms with E-state index in [2.05, 4.69) is 5.32 Å². The topological polar surface area (TPSA) is 88.8 Å². The number of carbonyl (C=O) groups excluding carboxylic acids is 3. The molecule has 0 aliphatic carbocycles. The maximum Gasteiger partial charge on any atom is 0.339 e. The Kier molecular flexibility index (Phi) is 8.10. The number of carbonyl (C=O) groups is 3. The van der Waals surface area contributed by atoms with Crippen molar-refractivity contribution in [3.05, 3.63) is 83.8 Å². The quantitative estimate of drug-likeness (QED) is 0.388. The minimum atomic E-state index is -0.619. The summed E-state index contributed by atoms with van der Waals surface area (Å²) in [6, 6.07) is 17.8. The second kappa shape index (κ2) is 11.2. The van der Waals surface area contributed by atoms with Crippen LogP contribution in [0.2, 0.25) is 0 Å². The molecule has 3 aromatic rings. The number of hydrogen-bond acceptors (Lipinski definition) is 6. The number of thioether (sulfide) groups is 1. The summed E-state index contributed by atoms with van der Waals surface area (Å²) in [6.45, 7) is 1.87. The van der Waals surface area contributed by atoms with E-state index in [1.807, 2.05) is 31.2 Å². The van der Waals surface area contributed by atoms with E-state index < -0.39 is 5.97 Å². The number of nitrogens with one attached hydrogen (secondary N) is 1. The number of nitrogens with zero attached hydrogens (tertiary/aromatic N) is 1. The van der Waals surface area contributed by atoms with Crippen LogP contribution in [0, 0.1) is 6.92 Å². The predicted molar refractivity (Wildman–Crippen MR) is 122 cm³/mol. The van der Waals surface area contributed by atoms with E-state index in [4.69, 9.17) is 9.15 Å². The molecule has 1 N–H and O–H groups in total. The van der Waals surface area contributed by atoms with E-state index in [1.54, 1.807) is 43.4 Å². The number of esters is 1. The molecule has 0 aliphatic heterocycles. The second-order valence-electron chi connectivity index (χ2n) is 7.10. The monoisotopic (exact) mass is 452 g/mol. The van der Waals surface area contributed by atoms with Crippen molar-refractivity contribution < 1.29 is 23.5 Å². The Labute approximate surface area is 190 Å². The molecule has 0 bridgehead atoms. The fourth-order valence-corrected chi connectivity index (χ4v) is 3.62. The van der Waals surface area contributed by atoms with Crippen molar-refractivity contribution in [3.63, 3.8) is 0 Å². The summed E-state index contributed by atoms with van der Waals surface area (Å²) in [7, 11) is 1.61. The Morgan fingerprint density at radius 2 is 1.78 bits per heavy atom. The standard InChI is InChI=1S/C24H24N2O5S/c1-17-9-11-18(12-10-17)25-22(27)16-32-21-8-4-3-7-20(21)24(29)31-15-23(28)26(2)14-19-6-5-13-30-19/h3-13H,14-16H2,1-2H3,(H,25,27). The van der Waals surface area contributed by atoms with Crippen molar-refractivity contribution in [3.8, 4) is 0 Å². The van der Waals surface area contributed by atoms with Crippen molar-refractivity contribution in [1.82, 2.24) is 4.90 Å². The smallest absolute Gasteiger partial charge is 0.339 e. The Hall–Kier alpha value is -3.52. The summed E-state index contributed by atoms with van der Waals surface area (Å²) in [5.74, 6) is -0.387. The van der Waals surface area contributed by atoms with Crippen LogP contribution in [-0.2, 0) is 20.9 Å². The average molecular weight is 453 g/mol. The van der Waals surface area contributed by atoms with Crippen LogP contribution < -0.4 is 5.32 Å². The fourth-order valence-electron chi connectivity index (χ4n) is 2.78. The van der Waals surface area contributed by atoms with Crippen LogP contribution in [0.5, 0.6) is 0 Å². The molecular weight excluding hydrogens is 428 g/mol. The Bertz CT molecular complexity index is 1060. The first-order valence-corrected chi connectivity index (χ1v) is 10.9. The third kappa shape index (κ3) is 6.75. The van der Waals surface area contributed by atoms with E-state index in [0.717, 1.165) is 5.56 Å². The number of anilines is 1. The number of hydrogen-bond donors (Lipinski definition) is 1. The van der Waals surface area contributed by atoms with Gasteiger partial charge in [0.1, 0.15) is 5.76 Å². The first-order chi connectivity index (χ1) is 15.4. The number of amides is 2. The highest BCUT2D eigenvalue weighted by atomic mass is 32.2. The van der Waals surface area contributed by atoms with E-state index in [1.165, 1.54) is 22.9 Å². The second-order valence-corrected chi connectivity index (χ2v) is 8.12. The van der Waals surface area contributed by atoms with Gasteiger partial charge in [-0.1, -0.05) is 29.8 Å². The first kappa shape index (κ1) is 23.1. The van der Waals surface area contributed by atoms with Gasteiger partial charge in [0, 0.05) is 17.6 Å². The van der Waals surface area contributed by atoms with Gasteiger partial charge >= 0.3 is 5.97 Å². The average Bonchev–Trinajstić information content (AvgIpc) is 3.30. The van der Waals surface area contributed by atoms with Gasteiger partial charge in [0.2, 0.25) is 5.91 Å². The van der Waals surface area contributed by atoms with Crippen molar-refractivity contribution in [2.45, 2.75) is 18.4 Å². The Morgan fingerprint density at radius 3 is 2.50 bits per heavy atom. The molecule has 8 heteroatoms. The minimum Gasteiger partial charge on any atom is -0.467 e. The molecule has 0 spiro atoms. The summed E-state index contributed by atoms with van der Waals surface area (Å²) in [6.07, 6.45) is 1.53. The lowest BCUT2D eigenvalue weighted by atomic mass is 10.2. The molecule has 0 unspecified atom stereocenters. The van der Waals surface area contributed by atoms with Crippen LogP contribution in [0.25, 0.3) is 0 Å². The molecule has 32 heavy (non-hydrogen) atoms. The summed E-state index contributed by atoms with van der Waals surface area (Å²) >= 11 is 1.23. The van der Waals surface area contributed by atoms with Gasteiger partial charge in [-0.2, -0.15) is 0 Å². The Morgan fingerprint density at radius 1 is 1.03 bits per heavy atom. The van der Waals surface area contributed by atoms with Crippen molar-refractivity contribution in [2.24, 2.45) is 0 Å². The van der Waals surface area contributed by atoms with Crippen molar-refractivity contribution in [2.75, 3.05) is 24.7 Å². The molecule has 0 saturated heterocycles. The maximum absolute atomic E-state index is 12.6. The number of furan rings is 1. The normalized spacial score (nSPS) is 10.4. The molecule has 7 nitrogen and oxygen atoms in total. The van der Waals surface area contributed by atoms with Gasteiger partial charge in [-0.05, 0) is 43.3 Å². The molecular formula is C24H24N2O5S. The zero-order chi connectivity index (χ0) is 22.9. The van der Waals surface area contributed by atoms with Crippen LogP contribution >= 0.6 is 11.8 Å². The van der Waals surface area contributed by atoms with Crippen LogP contribution in [0.1, 0.15) is 21.7 Å². The molecule has 166 valence electrons. The van der Waals surface area contributed by atoms with E-state index in [9.17, 15) is 14.4 Å². The van der Waals surface area contributed by atoms with E-state index in [0.29, 0.717) is 21.9 Å². The van der Waals surface area contributed by atoms with E-state index in [-0.39, 0.29) is 30.7 Å². The predicted octanol–water partition coefficient (Wildman–Crippen LogP) is 4.13. The molecule has 0 aliphatic rings. The summed E-state index contributed by atoms with van der Waals surface area (Å²) in [5, 5.41) is 2.82. The third-order valence-electron chi connectivity index (χ3n) is 4.53. The number of likely N-dealkylation sites (N-methyl/N-ethyl adjacent to an activating group) is 1. The molecule has 1 aromatic heterocycles. The van der Waals surface area contributed by atoms with Crippen LogP contribution in [-0.4, -0.2) is 42.1 Å². The first-order valence-electron chi connectivity index (χ1n) is 9.94. The van der Waals surface area contributed by atoms with Gasteiger partial charge < -0.3 is 19.4 Å². The largest absolute Gasteiger partial charge is 0.467 e. The summed E-state index contributed by atoms with van der Waals surface area (Å²) < 4.78 is 10.4. The molecule has 2 amide bonds. The highest BCUT2D eigenvalue weighted by molar-refractivity contribution is 8.00. The molecule has 1 heterocycles. The van der Waals surface area contributed by atoms with Crippen LogP contribution in [0.3, 0.4) is 0 Å². The Balaban J connectivity index is 1.52. The number of benzene rings is 2. The zero-order valence-electron chi connectivity index (χ0n) is 17.9. The number of rotatable bonds is 9. The molecule has 2 aromatic carbocycles. The summed E-state index contributed by atoms with van der Waals surface area (Å²) in [5.41, 5.74) is 2.13. The molecule has 3 rings (SSSR count). The number of aryl methyl sites for hydroxylation is 1. The SMILES string of the molecule is Cc1ccc(NC(=O)CSc2ccccc2C(=O)OCC(=O)N(C)Cc2ccco2)cc1. The van der Waals surface area contributed by atoms with Crippen LogP contribution in [0.15, 0.2) is 76.2 Å². The molecule has 0 radical (unpaired) electrons. The molecule has 0 saturated carbocycles.